The molecule has 0 bridgehead atoms. The van der Waals surface area contributed by atoms with Crippen molar-refractivity contribution < 1.29 is 13.6 Å². The fraction of sp³-hybridized carbons (Fsp3) is 0.188. The SMILES string of the molecule is O=C(CCn1nc(-c2cccs2)oc1=O)NCc1ccccc1F. The molecule has 24 heavy (non-hydrogen) atoms. The average molecular weight is 347 g/mol. The van der Waals surface area contributed by atoms with Gasteiger partial charge in [0.25, 0.3) is 5.89 Å². The highest BCUT2D eigenvalue weighted by Gasteiger charge is 2.12. The van der Waals surface area contributed by atoms with E-state index in [-0.39, 0.29) is 37.1 Å². The van der Waals surface area contributed by atoms with Crippen molar-refractivity contribution in [3.63, 3.8) is 0 Å². The Balaban J connectivity index is 1.55. The Morgan fingerprint density at radius 2 is 2.12 bits per heavy atom. The van der Waals surface area contributed by atoms with Crippen LogP contribution in [0.2, 0.25) is 0 Å². The van der Waals surface area contributed by atoms with Crippen LogP contribution in [-0.4, -0.2) is 15.7 Å². The fourth-order valence-corrected chi connectivity index (χ4v) is 2.72. The molecule has 1 N–H and O–H groups in total. The molecule has 2 heterocycles. The first-order valence-electron chi connectivity index (χ1n) is 7.25. The van der Waals surface area contributed by atoms with E-state index in [0.717, 1.165) is 9.56 Å². The number of carbonyl (C=O) groups excluding carboxylic acids is 1. The van der Waals surface area contributed by atoms with Crippen LogP contribution in [0.1, 0.15) is 12.0 Å². The minimum absolute atomic E-state index is 0.0464. The highest BCUT2D eigenvalue weighted by atomic mass is 32.1. The number of benzene rings is 1. The maximum Gasteiger partial charge on any atom is 0.437 e. The molecule has 0 spiro atoms. The topological polar surface area (TPSA) is 77.1 Å². The zero-order valence-electron chi connectivity index (χ0n) is 12.6. The molecule has 0 saturated carbocycles. The Hall–Kier alpha value is -2.74. The highest BCUT2D eigenvalue weighted by molar-refractivity contribution is 7.13. The molecular formula is C16H14FN3O3S. The molecule has 0 radical (unpaired) electrons. The van der Waals surface area contributed by atoms with Crippen LogP contribution in [0.4, 0.5) is 4.39 Å². The summed E-state index contributed by atoms with van der Waals surface area (Å²) in [5.41, 5.74) is 0.407. The Labute approximate surface area is 140 Å². The number of amides is 1. The van der Waals surface area contributed by atoms with Crippen LogP contribution < -0.4 is 11.1 Å². The highest BCUT2D eigenvalue weighted by Crippen LogP contribution is 2.21. The summed E-state index contributed by atoms with van der Waals surface area (Å²) in [5, 5.41) is 8.53. The lowest BCUT2D eigenvalue weighted by Gasteiger charge is -2.05. The number of hydrogen-bond acceptors (Lipinski definition) is 5. The first-order valence-corrected chi connectivity index (χ1v) is 8.13. The van der Waals surface area contributed by atoms with Crippen molar-refractivity contribution in [1.82, 2.24) is 15.1 Å². The van der Waals surface area contributed by atoms with Crippen molar-refractivity contribution in [3.05, 3.63) is 63.7 Å². The lowest BCUT2D eigenvalue weighted by Crippen LogP contribution is -2.26. The van der Waals surface area contributed by atoms with E-state index >= 15 is 0 Å². The number of nitrogens with zero attached hydrogens (tertiary/aromatic N) is 2. The standard InChI is InChI=1S/C16H14FN3O3S/c17-12-5-2-1-4-11(12)10-18-14(21)7-8-20-16(22)23-15(19-20)13-6-3-9-24-13/h1-6,9H,7-8,10H2,(H,18,21). The van der Waals surface area contributed by atoms with Crippen molar-refractivity contribution in [3.8, 4) is 10.8 Å². The summed E-state index contributed by atoms with van der Waals surface area (Å²) in [4.78, 5) is 24.3. The summed E-state index contributed by atoms with van der Waals surface area (Å²) in [5.74, 6) is -1.04. The predicted molar refractivity (Wildman–Crippen MR) is 86.9 cm³/mol. The van der Waals surface area contributed by atoms with Gasteiger partial charge in [0.05, 0.1) is 11.4 Å². The molecule has 3 aromatic rings. The quantitative estimate of drug-likeness (QED) is 0.743. The average Bonchev–Trinajstić information content (AvgIpc) is 3.22. The van der Waals surface area contributed by atoms with Crippen LogP contribution in [0.15, 0.2) is 51.0 Å². The van der Waals surface area contributed by atoms with Gasteiger partial charge in [-0.15, -0.1) is 16.4 Å². The van der Waals surface area contributed by atoms with Gasteiger partial charge in [0.15, 0.2) is 0 Å². The van der Waals surface area contributed by atoms with Crippen LogP contribution in [-0.2, 0) is 17.9 Å². The second-order valence-corrected chi connectivity index (χ2v) is 5.94. The Kier molecular flexibility index (Phi) is 4.85. The van der Waals surface area contributed by atoms with E-state index in [4.69, 9.17) is 4.42 Å². The molecule has 0 saturated heterocycles. The third-order valence-corrected chi connectivity index (χ3v) is 4.18. The zero-order valence-corrected chi connectivity index (χ0v) is 13.4. The Morgan fingerprint density at radius 3 is 2.88 bits per heavy atom. The lowest BCUT2D eigenvalue weighted by molar-refractivity contribution is -0.121. The first-order chi connectivity index (χ1) is 11.6. The van der Waals surface area contributed by atoms with Gasteiger partial charge < -0.3 is 9.73 Å². The molecule has 8 heteroatoms. The summed E-state index contributed by atoms with van der Waals surface area (Å²) in [6, 6.07) is 9.85. The van der Waals surface area contributed by atoms with Gasteiger partial charge in [0, 0.05) is 18.5 Å². The maximum absolute atomic E-state index is 13.5. The monoisotopic (exact) mass is 347 g/mol. The molecular weight excluding hydrogens is 333 g/mol. The Bertz CT molecular complexity index is 886. The van der Waals surface area contributed by atoms with Crippen LogP contribution >= 0.6 is 11.3 Å². The smallest absolute Gasteiger partial charge is 0.387 e. The van der Waals surface area contributed by atoms with Crippen LogP contribution in [0.25, 0.3) is 10.8 Å². The van der Waals surface area contributed by atoms with Crippen LogP contribution in [0, 0.1) is 5.82 Å². The molecule has 6 nitrogen and oxygen atoms in total. The number of thiophene rings is 1. The molecule has 0 aliphatic rings. The second-order valence-electron chi connectivity index (χ2n) is 4.99. The molecule has 0 unspecified atom stereocenters. The number of aryl methyl sites for hydroxylation is 1. The van der Waals surface area contributed by atoms with E-state index in [2.05, 4.69) is 10.4 Å². The molecule has 3 rings (SSSR count). The summed E-state index contributed by atoms with van der Waals surface area (Å²) in [6.07, 6.45) is 0.0464. The first kappa shape index (κ1) is 16.1. The molecule has 0 aliphatic carbocycles. The lowest BCUT2D eigenvalue weighted by atomic mass is 10.2. The van der Waals surface area contributed by atoms with Gasteiger partial charge in [-0.3, -0.25) is 4.79 Å². The number of carbonyl (C=O) groups is 1. The summed E-state index contributed by atoms with van der Waals surface area (Å²) in [7, 11) is 0. The second kappa shape index (κ2) is 7.22. The van der Waals surface area contributed by atoms with E-state index in [0.29, 0.717) is 5.56 Å². The normalized spacial score (nSPS) is 10.7. The third-order valence-electron chi connectivity index (χ3n) is 3.32. The summed E-state index contributed by atoms with van der Waals surface area (Å²) >= 11 is 1.41. The maximum atomic E-state index is 13.5. The van der Waals surface area contributed by atoms with Gasteiger partial charge >= 0.3 is 5.76 Å². The van der Waals surface area contributed by atoms with Gasteiger partial charge in [-0.1, -0.05) is 24.3 Å². The van der Waals surface area contributed by atoms with Crippen molar-refractivity contribution in [1.29, 1.82) is 0 Å². The molecule has 1 aromatic carbocycles. The minimum atomic E-state index is -0.611. The van der Waals surface area contributed by atoms with Crippen molar-refractivity contribution in [2.45, 2.75) is 19.5 Å². The van der Waals surface area contributed by atoms with E-state index < -0.39 is 5.76 Å². The van der Waals surface area contributed by atoms with Gasteiger partial charge in [-0.2, -0.15) is 4.68 Å². The van der Waals surface area contributed by atoms with Crippen LogP contribution in [0.3, 0.4) is 0 Å². The van der Waals surface area contributed by atoms with Crippen molar-refractivity contribution in [2.24, 2.45) is 0 Å². The molecule has 0 fully saturated rings. The molecule has 1 amide bonds. The van der Waals surface area contributed by atoms with E-state index in [1.807, 2.05) is 11.4 Å². The number of rotatable bonds is 6. The summed E-state index contributed by atoms with van der Waals surface area (Å²) in [6.45, 7) is 0.191. The fourth-order valence-electron chi connectivity index (χ4n) is 2.08. The minimum Gasteiger partial charge on any atom is -0.387 e. The van der Waals surface area contributed by atoms with E-state index in [1.54, 1.807) is 24.3 Å². The van der Waals surface area contributed by atoms with Gasteiger partial charge in [0.1, 0.15) is 5.82 Å². The van der Waals surface area contributed by atoms with Crippen molar-refractivity contribution >= 4 is 17.2 Å². The summed E-state index contributed by atoms with van der Waals surface area (Å²) < 4.78 is 19.6. The number of hydrogen-bond donors (Lipinski definition) is 1. The van der Waals surface area contributed by atoms with Crippen molar-refractivity contribution in [2.75, 3.05) is 0 Å². The van der Waals surface area contributed by atoms with Gasteiger partial charge in [-0.05, 0) is 17.5 Å². The van der Waals surface area contributed by atoms with Gasteiger partial charge in [-0.25, -0.2) is 9.18 Å². The molecule has 124 valence electrons. The van der Waals surface area contributed by atoms with Crippen LogP contribution in [0.5, 0.6) is 0 Å². The third kappa shape index (κ3) is 3.77. The predicted octanol–water partition coefficient (Wildman–Crippen LogP) is 2.41. The number of nitrogens with one attached hydrogen (secondary N) is 1. The molecule has 2 aromatic heterocycles. The number of halogens is 1. The van der Waals surface area contributed by atoms with Gasteiger partial charge in [0.2, 0.25) is 5.91 Å². The molecule has 0 atom stereocenters. The zero-order chi connectivity index (χ0) is 16.9. The molecule has 0 aliphatic heterocycles. The van der Waals surface area contributed by atoms with E-state index in [9.17, 15) is 14.0 Å². The van der Waals surface area contributed by atoms with E-state index in [1.165, 1.54) is 17.4 Å². The largest absolute Gasteiger partial charge is 0.437 e. The number of aromatic nitrogens is 2. The Morgan fingerprint density at radius 1 is 1.29 bits per heavy atom.